The predicted octanol–water partition coefficient (Wildman–Crippen LogP) is 26.2. The Hall–Kier alpha value is -13.7. The van der Waals surface area contributed by atoms with Crippen molar-refractivity contribution in [1.82, 2.24) is 18.3 Å². The van der Waals surface area contributed by atoms with E-state index in [0.717, 1.165) is 122 Å². The van der Waals surface area contributed by atoms with Gasteiger partial charge in [0.15, 0.2) is 0 Å². The zero-order valence-electron chi connectivity index (χ0n) is 55.1. The molecule has 0 radical (unpaired) electrons. The summed E-state index contributed by atoms with van der Waals surface area (Å²) in [6.45, 7) is 0. The number of hydrogen-bond acceptors (Lipinski definition) is 2. The number of hydrogen-bond donors (Lipinski definition) is 0. The zero-order chi connectivity index (χ0) is 66.7. The van der Waals surface area contributed by atoms with Crippen LogP contribution in [-0.2, 0) is 0 Å². The molecule has 0 fully saturated rings. The number of aromatic nitrogens is 4. The molecule has 0 bridgehead atoms. The SMILES string of the molecule is c1ccc(-n2c3ccccc3c3ccc(-c4cccc5c4c4ccccc4n5-c4cccc(-c5cc(-c6ccc7c(c6)oc6cccc(-c8ccccc8-n8c9ccccc9c9c(-c%10ccc%11c%12ccccc%12n(-c%12ccccc%12)c%11c%10)cccc98)c67)cc6oc7ccccc7c56)c4)cc32)cc1. The maximum absolute atomic E-state index is 7.03. The number of nitrogens with zero attached hydrogens (tertiary/aromatic N) is 4. The van der Waals surface area contributed by atoms with E-state index >= 15 is 0 Å². The van der Waals surface area contributed by atoms with Crippen molar-refractivity contribution in [2.75, 3.05) is 0 Å². The monoisotopic (exact) mass is 1300 g/mol. The summed E-state index contributed by atoms with van der Waals surface area (Å²) in [5.74, 6) is 0. The fourth-order valence-electron chi connectivity index (χ4n) is 17.2. The average Bonchev–Trinajstić information content (AvgIpc) is 1.53. The Morgan fingerprint density at radius 1 is 0.167 bits per heavy atom. The number of rotatable bonds is 9. The Morgan fingerprint density at radius 3 is 1.23 bits per heavy atom. The van der Waals surface area contributed by atoms with Gasteiger partial charge in [-0.25, -0.2) is 0 Å². The van der Waals surface area contributed by atoms with Crippen molar-refractivity contribution in [3.8, 4) is 78.4 Å². The third kappa shape index (κ3) is 8.29. The molecule has 0 spiro atoms. The molecule has 0 atom stereocenters. The lowest BCUT2D eigenvalue weighted by molar-refractivity contribution is 0.668. The molecule has 0 amide bonds. The fraction of sp³-hybridized carbons (Fsp3) is 0. The Kier molecular flexibility index (Phi) is 12.1. The normalized spacial score (nSPS) is 12.1. The molecule has 0 N–H and O–H groups in total. The number of fused-ring (bicyclic) bond motifs is 18. The minimum Gasteiger partial charge on any atom is -0.456 e. The Balaban J connectivity index is 0.663. The third-order valence-corrected chi connectivity index (χ3v) is 21.6. The molecule has 6 aromatic heterocycles. The summed E-state index contributed by atoms with van der Waals surface area (Å²) in [5.41, 5.74) is 28.3. The van der Waals surface area contributed by atoms with E-state index in [1.165, 1.54) is 87.4 Å². The molecule has 22 rings (SSSR count). The van der Waals surface area contributed by atoms with Gasteiger partial charge in [-0.3, -0.25) is 0 Å². The van der Waals surface area contributed by atoms with E-state index in [-0.39, 0.29) is 0 Å². The van der Waals surface area contributed by atoms with Crippen molar-refractivity contribution in [3.05, 3.63) is 352 Å². The van der Waals surface area contributed by atoms with Crippen LogP contribution in [0.2, 0.25) is 0 Å². The molecule has 0 unspecified atom stereocenters. The Bertz CT molecular complexity index is 7250. The number of benzene rings is 16. The molecule has 474 valence electrons. The van der Waals surface area contributed by atoms with Gasteiger partial charge < -0.3 is 27.1 Å². The summed E-state index contributed by atoms with van der Waals surface area (Å²) in [5, 5.41) is 14.1. The topological polar surface area (TPSA) is 46.0 Å². The van der Waals surface area contributed by atoms with Gasteiger partial charge in [0.25, 0.3) is 0 Å². The first kappa shape index (κ1) is 56.3. The zero-order valence-corrected chi connectivity index (χ0v) is 55.1. The highest BCUT2D eigenvalue weighted by atomic mass is 16.3. The summed E-state index contributed by atoms with van der Waals surface area (Å²) < 4.78 is 23.6. The van der Waals surface area contributed by atoms with Crippen molar-refractivity contribution in [1.29, 1.82) is 0 Å². The molecule has 6 heterocycles. The van der Waals surface area contributed by atoms with Crippen molar-refractivity contribution in [2.24, 2.45) is 0 Å². The Labute approximate surface area is 584 Å². The quantitative estimate of drug-likeness (QED) is 0.145. The van der Waals surface area contributed by atoms with Crippen molar-refractivity contribution >= 4 is 131 Å². The maximum atomic E-state index is 7.03. The third-order valence-electron chi connectivity index (χ3n) is 21.6. The first-order chi connectivity index (χ1) is 50.6. The second-order valence-corrected chi connectivity index (χ2v) is 27.0. The van der Waals surface area contributed by atoms with Gasteiger partial charge in [0.1, 0.15) is 22.3 Å². The molecule has 0 aliphatic carbocycles. The van der Waals surface area contributed by atoms with Gasteiger partial charge in [-0.05, 0) is 177 Å². The maximum Gasteiger partial charge on any atom is 0.136 e. The van der Waals surface area contributed by atoms with Gasteiger partial charge in [0, 0.05) is 87.3 Å². The molecular formula is C96H58N4O2. The highest BCUT2D eigenvalue weighted by Crippen LogP contribution is 2.48. The van der Waals surface area contributed by atoms with Crippen LogP contribution in [0.4, 0.5) is 0 Å². The molecule has 6 nitrogen and oxygen atoms in total. The minimum atomic E-state index is 0.815. The van der Waals surface area contributed by atoms with Crippen LogP contribution in [0.3, 0.4) is 0 Å². The van der Waals surface area contributed by atoms with E-state index in [1.54, 1.807) is 0 Å². The van der Waals surface area contributed by atoms with E-state index in [1.807, 2.05) is 0 Å². The molecule has 0 aliphatic heterocycles. The van der Waals surface area contributed by atoms with Crippen molar-refractivity contribution in [2.45, 2.75) is 0 Å². The van der Waals surface area contributed by atoms with Gasteiger partial charge in [-0.1, -0.05) is 224 Å². The summed E-state index contributed by atoms with van der Waals surface area (Å²) in [6.07, 6.45) is 0. The predicted molar refractivity (Wildman–Crippen MR) is 426 cm³/mol. The second-order valence-electron chi connectivity index (χ2n) is 27.0. The molecule has 0 aliphatic rings. The highest BCUT2D eigenvalue weighted by Gasteiger charge is 2.25. The van der Waals surface area contributed by atoms with Crippen LogP contribution < -0.4 is 0 Å². The van der Waals surface area contributed by atoms with E-state index in [0.29, 0.717) is 0 Å². The molecule has 22 aromatic rings. The molecule has 6 heteroatoms. The summed E-state index contributed by atoms with van der Waals surface area (Å²) in [7, 11) is 0. The van der Waals surface area contributed by atoms with Crippen molar-refractivity contribution < 1.29 is 8.83 Å². The van der Waals surface area contributed by atoms with Gasteiger partial charge in [0.05, 0.1) is 49.8 Å². The van der Waals surface area contributed by atoms with Crippen LogP contribution >= 0.6 is 0 Å². The van der Waals surface area contributed by atoms with Crippen LogP contribution in [0.1, 0.15) is 0 Å². The largest absolute Gasteiger partial charge is 0.456 e. The van der Waals surface area contributed by atoms with E-state index in [2.05, 4.69) is 370 Å². The fourth-order valence-corrected chi connectivity index (χ4v) is 17.2. The average molecular weight is 1300 g/mol. The molecule has 0 saturated carbocycles. The lowest BCUT2D eigenvalue weighted by Gasteiger charge is -2.15. The molecule has 0 saturated heterocycles. The van der Waals surface area contributed by atoms with Crippen LogP contribution in [0, 0.1) is 0 Å². The van der Waals surface area contributed by atoms with Crippen LogP contribution in [0.15, 0.2) is 361 Å². The van der Waals surface area contributed by atoms with Crippen LogP contribution in [0.25, 0.3) is 209 Å². The van der Waals surface area contributed by atoms with E-state index < -0.39 is 0 Å². The lowest BCUT2D eigenvalue weighted by atomic mass is 9.93. The van der Waals surface area contributed by atoms with Gasteiger partial charge in [0.2, 0.25) is 0 Å². The first-order valence-electron chi connectivity index (χ1n) is 35.0. The Morgan fingerprint density at radius 2 is 0.569 bits per heavy atom. The van der Waals surface area contributed by atoms with Crippen molar-refractivity contribution in [3.63, 3.8) is 0 Å². The lowest BCUT2D eigenvalue weighted by Crippen LogP contribution is -1.97. The van der Waals surface area contributed by atoms with Crippen LogP contribution in [-0.4, -0.2) is 18.3 Å². The summed E-state index contributed by atoms with van der Waals surface area (Å²) >= 11 is 0. The first-order valence-corrected chi connectivity index (χ1v) is 35.0. The standard InChI is InChI=1S/C96H58N4O2/c1-3-24-64(25-4-1)97-80-38-13-7-29-69(80)72-50-48-61(55-87(72)97)67-35-20-43-85-93(67)75-32-10-16-41-83(75)99(85)66-28-19-23-60(53-66)79-54-63(58-92-96(79)77-34-12-18-45-89(77)101-92)59-47-52-78-91(57-59)102-90-46-22-37-74(95(78)90)71-31-9-15-40-82(71)100-84-42-17-11-33-76(84)94-68(36-21-44-86(94)100)62-49-51-73-70-30-8-14-39-81(70)98(88(73)56-62)65-26-5-2-6-27-65/h1-58H. The minimum absolute atomic E-state index is 0.815. The van der Waals surface area contributed by atoms with E-state index in [9.17, 15) is 0 Å². The van der Waals surface area contributed by atoms with Crippen LogP contribution in [0.5, 0.6) is 0 Å². The van der Waals surface area contributed by atoms with Gasteiger partial charge >= 0.3 is 0 Å². The highest BCUT2D eigenvalue weighted by molar-refractivity contribution is 6.21. The number of para-hydroxylation sites is 8. The van der Waals surface area contributed by atoms with Gasteiger partial charge in [-0.2, -0.15) is 0 Å². The summed E-state index contributed by atoms with van der Waals surface area (Å²) in [6, 6.07) is 128. The molecule has 16 aromatic carbocycles. The van der Waals surface area contributed by atoms with E-state index in [4.69, 9.17) is 8.83 Å². The smallest absolute Gasteiger partial charge is 0.136 e. The molecule has 102 heavy (non-hydrogen) atoms. The second kappa shape index (κ2) is 21.9. The molecular weight excluding hydrogens is 1240 g/mol. The number of furan rings is 2. The van der Waals surface area contributed by atoms with Gasteiger partial charge in [-0.15, -0.1) is 0 Å². The summed E-state index contributed by atoms with van der Waals surface area (Å²) in [4.78, 5) is 0.